The molecule has 0 bridgehead atoms. The summed E-state index contributed by atoms with van der Waals surface area (Å²) in [6.45, 7) is 11.2. The number of rotatable bonds is 2. The first kappa shape index (κ1) is 13.3. The van der Waals surface area contributed by atoms with Crippen LogP contribution in [-0.4, -0.2) is 35.1 Å². The lowest BCUT2D eigenvalue weighted by Crippen LogP contribution is -2.40. The van der Waals surface area contributed by atoms with Crippen LogP contribution in [0.25, 0.3) is 0 Å². The maximum absolute atomic E-state index is 10.6. The van der Waals surface area contributed by atoms with E-state index >= 15 is 0 Å². The van der Waals surface area contributed by atoms with Crippen LogP contribution in [-0.2, 0) is 9.47 Å². The second-order valence-electron chi connectivity index (χ2n) is 6.91. The van der Waals surface area contributed by atoms with Crippen LogP contribution in [0.15, 0.2) is 0 Å². The van der Waals surface area contributed by atoms with E-state index in [2.05, 4.69) is 34.6 Å². The van der Waals surface area contributed by atoms with Crippen molar-refractivity contribution in [2.75, 3.05) is 6.61 Å². The van der Waals surface area contributed by atoms with Gasteiger partial charge in [0, 0.05) is 11.8 Å². The molecule has 4 atom stereocenters. The zero-order chi connectivity index (χ0) is 12.8. The highest BCUT2D eigenvalue weighted by atomic mass is 16.5. The highest BCUT2D eigenvalue weighted by molar-refractivity contribution is 4.99. The quantitative estimate of drug-likeness (QED) is 0.808. The normalized spacial score (nSPS) is 41.6. The summed E-state index contributed by atoms with van der Waals surface area (Å²) in [6, 6.07) is 0. The van der Waals surface area contributed by atoms with Crippen LogP contribution < -0.4 is 0 Å². The minimum atomic E-state index is -0.309. The van der Waals surface area contributed by atoms with Gasteiger partial charge in [0.15, 0.2) is 0 Å². The molecule has 0 aromatic rings. The molecule has 0 radical (unpaired) electrons. The van der Waals surface area contributed by atoms with Gasteiger partial charge in [-0.2, -0.15) is 0 Å². The van der Waals surface area contributed by atoms with Crippen LogP contribution in [0.3, 0.4) is 0 Å². The van der Waals surface area contributed by atoms with E-state index in [-0.39, 0.29) is 35.2 Å². The van der Waals surface area contributed by atoms with E-state index in [1.165, 1.54) is 0 Å². The molecule has 0 saturated carbocycles. The molecule has 2 rings (SSSR count). The maximum atomic E-state index is 10.6. The molecular formula is C14H26O3. The third-order valence-electron chi connectivity index (χ3n) is 4.27. The summed E-state index contributed by atoms with van der Waals surface area (Å²) in [5.41, 5.74) is -0.366. The average molecular weight is 242 g/mol. The van der Waals surface area contributed by atoms with Gasteiger partial charge in [-0.05, 0) is 47.5 Å². The molecule has 3 heteroatoms. The van der Waals surface area contributed by atoms with Crippen LogP contribution in [0.1, 0.15) is 47.5 Å². The Morgan fingerprint density at radius 2 is 1.88 bits per heavy atom. The van der Waals surface area contributed by atoms with Crippen molar-refractivity contribution in [1.82, 2.24) is 0 Å². The Morgan fingerprint density at radius 1 is 1.24 bits per heavy atom. The zero-order valence-corrected chi connectivity index (χ0v) is 11.7. The predicted octanol–water partition coefficient (Wildman–Crippen LogP) is 2.37. The van der Waals surface area contributed by atoms with Gasteiger partial charge in [-0.1, -0.05) is 0 Å². The highest BCUT2D eigenvalue weighted by Gasteiger charge is 2.50. The minimum absolute atomic E-state index is 0.125. The van der Waals surface area contributed by atoms with Gasteiger partial charge in [-0.25, -0.2) is 0 Å². The van der Waals surface area contributed by atoms with Gasteiger partial charge in [0.2, 0.25) is 0 Å². The fourth-order valence-corrected chi connectivity index (χ4v) is 3.55. The molecule has 2 heterocycles. The van der Waals surface area contributed by atoms with Gasteiger partial charge in [-0.3, -0.25) is 0 Å². The van der Waals surface area contributed by atoms with E-state index in [1.54, 1.807) is 0 Å². The Hall–Kier alpha value is -0.120. The first-order valence-electron chi connectivity index (χ1n) is 6.71. The fourth-order valence-electron chi connectivity index (χ4n) is 3.55. The molecule has 100 valence electrons. The van der Waals surface area contributed by atoms with E-state index < -0.39 is 0 Å². The maximum Gasteiger partial charge on any atom is 0.0687 e. The van der Waals surface area contributed by atoms with E-state index in [9.17, 15) is 5.11 Å². The van der Waals surface area contributed by atoms with Gasteiger partial charge >= 0.3 is 0 Å². The van der Waals surface area contributed by atoms with Crippen molar-refractivity contribution in [3.63, 3.8) is 0 Å². The topological polar surface area (TPSA) is 38.7 Å². The van der Waals surface area contributed by atoms with Crippen LogP contribution in [0, 0.1) is 11.8 Å². The van der Waals surface area contributed by atoms with Gasteiger partial charge in [0.05, 0.1) is 30.0 Å². The van der Waals surface area contributed by atoms with Crippen molar-refractivity contribution < 1.29 is 14.6 Å². The number of hydrogen-bond acceptors (Lipinski definition) is 3. The van der Waals surface area contributed by atoms with E-state index in [1.807, 2.05) is 0 Å². The largest absolute Gasteiger partial charge is 0.392 e. The fraction of sp³-hybridized carbons (Fsp3) is 1.00. The summed E-state index contributed by atoms with van der Waals surface area (Å²) in [5.74, 6) is 0.475. The van der Waals surface area contributed by atoms with Crippen LogP contribution >= 0.6 is 0 Å². The third-order valence-corrected chi connectivity index (χ3v) is 4.27. The van der Waals surface area contributed by atoms with Crippen molar-refractivity contribution in [1.29, 1.82) is 0 Å². The predicted molar refractivity (Wildman–Crippen MR) is 66.9 cm³/mol. The van der Waals surface area contributed by atoms with Crippen molar-refractivity contribution in [2.24, 2.45) is 11.8 Å². The monoisotopic (exact) mass is 242 g/mol. The van der Waals surface area contributed by atoms with E-state index in [0.29, 0.717) is 6.61 Å². The molecule has 3 nitrogen and oxygen atoms in total. The SMILES string of the molecule is CC1CC(C(O)C2CC(C)(C)OC2(C)C)CO1. The molecule has 0 spiro atoms. The summed E-state index contributed by atoms with van der Waals surface area (Å²) < 4.78 is 11.6. The Morgan fingerprint density at radius 3 is 2.29 bits per heavy atom. The summed E-state index contributed by atoms with van der Waals surface area (Å²) in [6.07, 6.45) is 1.87. The molecule has 0 amide bonds. The Labute approximate surface area is 104 Å². The Kier molecular flexibility index (Phi) is 3.30. The van der Waals surface area contributed by atoms with Gasteiger partial charge in [-0.15, -0.1) is 0 Å². The summed E-state index contributed by atoms with van der Waals surface area (Å²) in [7, 11) is 0. The summed E-state index contributed by atoms with van der Waals surface area (Å²) >= 11 is 0. The van der Waals surface area contributed by atoms with Gasteiger partial charge < -0.3 is 14.6 Å². The molecule has 4 unspecified atom stereocenters. The molecule has 2 saturated heterocycles. The van der Waals surface area contributed by atoms with Crippen LogP contribution in [0.2, 0.25) is 0 Å². The van der Waals surface area contributed by atoms with Crippen molar-refractivity contribution >= 4 is 0 Å². The molecule has 0 aromatic heterocycles. The van der Waals surface area contributed by atoms with Crippen molar-refractivity contribution in [3.8, 4) is 0 Å². The molecule has 2 fully saturated rings. The molecule has 0 aliphatic carbocycles. The summed E-state index contributed by atoms with van der Waals surface area (Å²) in [4.78, 5) is 0. The van der Waals surface area contributed by atoms with Crippen molar-refractivity contribution in [3.05, 3.63) is 0 Å². The molecular weight excluding hydrogens is 216 g/mol. The minimum Gasteiger partial charge on any atom is -0.392 e. The zero-order valence-electron chi connectivity index (χ0n) is 11.7. The Bertz CT molecular complexity index is 285. The van der Waals surface area contributed by atoms with E-state index in [4.69, 9.17) is 9.47 Å². The van der Waals surface area contributed by atoms with E-state index in [0.717, 1.165) is 12.8 Å². The third kappa shape index (κ3) is 2.67. The van der Waals surface area contributed by atoms with Gasteiger partial charge in [0.1, 0.15) is 0 Å². The van der Waals surface area contributed by atoms with Crippen LogP contribution in [0.5, 0.6) is 0 Å². The number of ether oxygens (including phenoxy) is 2. The lowest BCUT2D eigenvalue weighted by molar-refractivity contribution is -0.0937. The molecule has 1 N–H and O–H groups in total. The summed E-state index contributed by atoms with van der Waals surface area (Å²) in [5, 5.41) is 10.6. The lowest BCUT2D eigenvalue weighted by Gasteiger charge is -2.32. The molecule has 2 aliphatic heterocycles. The Balaban J connectivity index is 2.06. The average Bonchev–Trinajstić information content (AvgIpc) is 2.66. The second kappa shape index (κ2) is 4.22. The van der Waals surface area contributed by atoms with Gasteiger partial charge in [0.25, 0.3) is 0 Å². The first-order chi connectivity index (χ1) is 7.71. The first-order valence-corrected chi connectivity index (χ1v) is 6.71. The number of hydrogen-bond donors (Lipinski definition) is 1. The van der Waals surface area contributed by atoms with Crippen molar-refractivity contribution in [2.45, 2.75) is 70.9 Å². The molecule has 2 aliphatic rings. The smallest absolute Gasteiger partial charge is 0.0687 e. The number of aliphatic hydroxyl groups is 1. The highest BCUT2D eigenvalue weighted by Crippen LogP contribution is 2.46. The second-order valence-corrected chi connectivity index (χ2v) is 6.91. The molecule has 17 heavy (non-hydrogen) atoms. The molecule has 0 aromatic carbocycles. The lowest BCUT2D eigenvalue weighted by atomic mass is 9.78. The standard InChI is InChI=1S/C14H26O3/c1-9-6-10(8-16-9)12(15)11-7-13(2,3)17-14(11,4)5/h9-12,15H,6-8H2,1-5H3. The van der Waals surface area contributed by atoms with Crippen LogP contribution in [0.4, 0.5) is 0 Å². The number of aliphatic hydroxyl groups excluding tert-OH is 1.